The van der Waals surface area contributed by atoms with Gasteiger partial charge >= 0.3 is 5.97 Å². The lowest BCUT2D eigenvalue weighted by atomic mass is 9.87. The van der Waals surface area contributed by atoms with Gasteiger partial charge in [-0.3, -0.25) is 57.5 Å². The Balaban J connectivity index is 1.83. The molecule has 23 atom stereocenters. The SMILES string of the molecule is CC=C(NC(=O)CNC(=O)C(C)(O)C(O)C=CC(C)=CC(C)CC)C(=O)NC(C(=O)NC(C(=O)NC1C(=O)NC(COC)C(=O)NCC(=O)NC(C)C(=O)N(C)C(C(C)O)C(=O)NC(C(OC)c2ccc(OC3OC(C)C(O)C(O)C3O)cc2)C(=O)N2CCC(Cl)CC2C(=O)OC1C(C)C)C(C)C(C)C(N)=O)C(C)N. The van der Waals surface area contributed by atoms with Crippen LogP contribution in [0, 0.1) is 23.7 Å². The maximum Gasteiger partial charge on any atom is 0.329 e. The van der Waals surface area contributed by atoms with Crippen LogP contribution in [-0.4, -0.2) is 279 Å². The molecule has 12 amide bonds. The molecule has 3 aliphatic heterocycles. The first-order valence-electron chi connectivity index (χ1n) is 36.1. The minimum absolute atomic E-state index is 0.000863. The van der Waals surface area contributed by atoms with E-state index >= 15 is 19.2 Å². The van der Waals surface area contributed by atoms with Crippen LogP contribution in [0.3, 0.4) is 0 Å². The van der Waals surface area contributed by atoms with Gasteiger partial charge in [-0.2, -0.15) is 0 Å². The second-order valence-electron chi connectivity index (χ2n) is 28.5. The fraction of sp³-hybridized carbons (Fsp3) is 0.653. The third-order valence-electron chi connectivity index (χ3n) is 19.4. The van der Waals surface area contributed by atoms with Crippen molar-refractivity contribution in [2.24, 2.45) is 35.1 Å². The zero-order chi connectivity index (χ0) is 83.3. The summed E-state index contributed by atoms with van der Waals surface area (Å²) in [6, 6.07) is -10.5. The summed E-state index contributed by atoms with van der Waals surface area (Å²) in [6.45, 7) is 16.0. The second kappa shape index (κ2) is 42.6. The Morgan fingerprint density at radius 1 is 0.855 bits per heavy atom. The molecular weight excluding hydrogens is 1470 g/mol. The minimum atomic E-state index is -2.44. The maximum absolute atomic E-state index is 15.7. The van der Waals surface area contributed by atoms with E-state index in [-0.39, 0.29) is 36.6 Å². The summed E-state index contributed by atoms with van der Waals surface area (Å²) in [5.41, 5.74) is 10.0. The maximum atomic E-state index is 15.7. The molecule has 1 aromatic rings. The van der Waals surface area contributed by atoms with E-state index in [9.17, 15) is 73.8 Å². The second-order valence-corrected chi connectivity index (χ2v) is 29.1. The zero-order valence-corrected chi connectivity index (χ0v) is 65.6. The fourth-order valence-corrected chi connectivity index (χ4v) is 12.4. The van der Waals surface area contributed by atoms with Gasteiger partial charge in [0.25, 0.3) is 11.8 Å². The van der Waals surface area contributed by atoms with Crippen LogP contribution in [0.15, 0.2) is 59.8 Å². The molecule has 4 rings (SSSR count). The number of esters is 1. The zero-order valence-electron chi connectivity index (χ0n) is 64.8. The van der Waals surface area contributed by atoms with Crippen molar-refractivity contribution in [1.29, 1.82) is 0 Å². The molecule has 3 aliphatic rings. The van der Waals surface area contributed by atoms with Gasteiger partial charge < -0.3 is 123 Å². The van der Waals surface area contributed by atoms with E-state index in [1.807, 2.05) is 19.9 Å². The fourth-order valence-electron chi connectivity index (χ4n) is 12.2. The molecule has 0 spiro atoms. The van der Waals surface area contributed by atoms with Crippen molar-refractivity contribution in [2.75, 3.05) is 47.5 Å². The third kappa shape index (κ3) is 25.4. The van der Waals surface area contributed by atoms with Crippen LogP contribution in [-0.2, 0) is 81.3 Å². The van der Waals surface area contributed by atoms with Crippen molar-refractivity contribution >= 4 is 88.5 Å². The first-order chi connectivity index (χ1) is 51.4. The molecule has 3 heterocycles. The molecule has 38 heteroatoms. The quantitative estimate of drug-likeness (QED) is 0.0163. The lowest BCUT2D eigenvalue weighted by Crippen LogP contribution is -2.66. The van der Waals surface area contributed by atoms with Crippen LogP contribution in [0.2, 0.25) is 0 Å². The lowest BCUT2D eigenvalue weighted by molar-refractivity contribution is -0.268. The number of nitrogens with two attached hydrogens (primary N) is 2. The van der Waals surface area contributed by atoms with Gasteiger partial charge in [0, 0.05) is 45.1 Å². The number of cyclic esters (lactones) is 1. The molecule has 0 aliphatic carbocycles. The Morgan fingerprint density at radius 3 is 2.05 bits per heavy atom. The number of methoxy groups -OCH3 is 2. The number of nitrogens with one attached hydrogen (secondary N) is 9. The van der Waals surface area contributed by atoms with E-state index in [4.69, 9.17) is 46.8 Å². The van der Waals surface area contributed by atoms with Crippen LogP contribution < -0.4 is 64.1 Å². The number of likely N-dealkylation sites (N-methyl/N-ethyl adjacent to an activating group) is 1. The van der Waals surface area contributed by atoms with Gasteiger partial charge in [0.05, 0.1) is 31.9 Å². The summed E-state index contributed by atoms with van der Waals surface area (Å²) >= 11 is 6.82. The minimum Gasteiger partial charge on any atom is -0.462 e. The molecule has 3 fully saturated rings. The van der Waals surface area contributed by atoms with Crippen LogP contribution in [0.1, 0.15) is 121 Å². The van der Waals surface area contributed by atoms with Crippen LogP contribution >= 0.6 is 11.6 Å². The lowest BCUT2D eigenvalue weighted by Gasteiger charge is -2.41. The van der Waals surface area contributed by atoms with Crippen LogP contribution in [0.4, 0.5) is 0 Å². The van der Waals surface area contributed by atoms with Crippen molar-refractivity contribution < 1.29 is 117 Å². The number of aliphatic hydroxyl groups excluding tert-OH is 5. The Labute approximate surface area is 643 Å². The first kappa shape index (κ1) is 93.6. The number of carbonyl (C=O) groups excluding carboxylic acids is 13. The summed E-state index contributed by atoms with van der Waals surface area (Å²) < 4.78 is 28.9. The molecule has 0 saturated carbocycles. The molecule has 1 aromatic carbocycles. The predicted octanol–water partition coefficient (Wildman–Crippen LogP) is -4.44. The number of primary amides is 1. The van der Waals surface area contributed by atoms with Gasteiger partial charge in [0.1, 0.15) is 96.4 Å². The Kier molecular flexibility index (Phi) is 36.3. The number of amides is 12. The molecule has 0 bridgehead atoms. The number of hydrogen-bond acceptors (Lipinski definition) is 25. The van der Waals surface area contributed by atoms with Crippen molar-refractivity contribution in [2.45, 2.75) is 230 Å². The first-order valence-corrected chi connectivity index (χ1v) is 36.6. The number of allylic oxidation sites excluding steroid dienone is 4. The Morgan fingerprint density at radius 2 is 1.49 bits per heavy atom. The Hall–Kier alpha value is -8.76. The number of aliphatic hydroxyl groups is 6. The van der Waals surface area contributed by atoms with Gasteiger partial charge in [-0.05, 0) is 96.8 Å². The van der Waals surface area contributed by atoms with E-state index in [0.29, 0.717) is 0 Å². The average Bonchev–Trinajstić information content (AvgIpc) is 0.787. The average molecular weight is 1580 g/mol. The number of alkyl halides is 1. The highest BCUT2D eigenvalue weighted by molar-refractivity contribution is 6.21. The number of halogens is 1. The van der Waals surface area contributed by atoms with Crippen molar-refractivity contribution in [3.8, 4) is 5.75 Å². The topological polar surface area (TPSA) is 556 Å². The normalized spacial score (nSPS) is 27.8. The molecule has 23 unspecified atom stereocenters. The predicted molar refractivity (Wildman–Crippen MR) is 394 cm³/mol. The van der Waals surface area contributed by atoms with Crippen molar-refractivity contribution in [3.05, 3.63) is 65.4 Å². The van der Waals surface area contributed by atoms with E-state index in [0.717, 1.165) is 49.0 Å². The molecule has 19 N–H and O–H groups in total. The van der Waals surface area contributed by atoms with Crippen molar-refractivity contribution in [1.82, 2.24) is 57.7 Å². The largest absolute Gasteiger partial charge is 0.462 e. The summed E-state index contributed by atoms with van der Waals surface area (Å²) in [5.74, 6) is -18.2. The monoisotopic (exact) mass is 1580 g/mol. The number of nitrogens with zero attached hydrogens (tertiary/aromatic N) is 2. The number of piperidine rings is 1. The number of ether oxygens (including phenoxy) is 5. The van der Waals surface area contributed by atoms with Crippen molar-refractivity contribution in [3.63, 3.8) is 0 Å². The number of fused-ring (bicyclic) bond motifs is 1. The Bertz CT molecular complexity index is 3510. The summed E-state index contributed by atoms with van der Waals surface area (Å²) in [7, 11) is 3.45. The molecular formula is C72H112ClN13O24. The van der Waals surface area contributed by atoms with Gasteiger partial charge in [-0.1, -0.05) is 90.0 Å². The van der Waals surface area contributed by atoms with Gasteiger partial charge in [0.2, 0.25) is 65.4 Å². The molecule has 0 radical (unpaired) electrons. The molecule has 0 aromatic heterocycles. The smallest absolute Gasteiger partial charge is 0.329 e. The van der Waals surface area contributed by atoms with E-state index in [1.165, 1.54) is 106 Å². The van der Waals surface area contributed by atoms with E-state index in [1.54, 1.807) is 6.92 Å². The molecule has 616 valence electrons. The summed E-state index contributed by atoms with van der Waals surface area (Å²) in [4.78, 5) is 188. The van der Waals surface area contributed by atoms with Crippen LogP contribution in [0.5, 0.6) is 5.75 Å². The van der Waals surface area contributed by atoms with Gasteiger partial charge in [0.15, 0.2) is 5.60 Å². The van der Waals surface area contributed by atoms with E-state index < -0.39 is 240 Å². The number of rotatable bonds is 28. The number of benzene rings is 1. The highest BCUT2D eigenvalue weighted by Crippen LogP contribution is 2.32. The summed E-state index contributed by atoms with van der Waals surface area (Å²) in [6.07, 6.45) is -7.90. The standard InChI is InChI=1S/C72H112ClN13O24/c1-17-33(5)27-34(6)19-24-47(88)72(13,105)71(104)77-30-49(90)79-44(18-2)62(96)82-51(37(9)74)64(98)81-50(35(7)36(8)60(75)94)63(97)83-52-58(32(3)4)110-69(103)46-28-42(73)25-26-86(46)68(102)53(59(107-16)41-20-22-43(23-21-41)109-70-57(93)56(92)55(91)40(12)108-70)84-66(100)54(39(11)87)85(14)67(101)38(10)78-48(89)29-76-61(95)45(31-106-15)80-65(52)99/h18-24,27,32-33,35-40,42,45-47,50-59,70,87-88,91-93,105H,17,25-26,28-31,74H2,1-16H3,(H2,75,94)(H,76,95)(H,77,104)(H,78,89)(H,79,90)(H,80,99)(H,81,98)(H,82,96)(H,83,97)(H,84,100). The highest BCUT2D eigenvalue weighted by Gasteiger charge is 2.49. The highest BCUT2D eigenvalue weighted by atomic mass is 35.5. The number of carbonyl (C=O) groups is 13. The van der Waals surface area contributed by atoms with Gasteiger partial charge in [-0.25, -0.2) is 4.79 Å². The summed E-state index contributed by atoms with van der Waals surface area (Å²) in [5, 5.41) is 85.1. The molecule has 37 nitrogen and oxygen atoms in total. The van der Waals surface area contributed by atoms with Crippen LogP contribution in [0.25, 0.3) is 0 Å². The van der Waals surface area contributed by atoms with E-state index in [2.05, 4.69) is 47.9 Å². The molecule has 3 saturated heterocycles. The number of hydrogen-bond donors (Lipinski definition) is 17. The molecule has 110 heavy (non-hydrogen) atoms. The van der Waals surface area contributed by atoms with Gasteiger partial charge in [-0.15, -0.1) is 11.6 Å². The third-order valence-corrected chi connectivity index (χ3v) is 19.7.